The van der Waals surface area contributed by atoms with Crippen LogP contribution in [0, 0.1) is 0 Å². The van der Waals surface area contributed by atoms with Crippen LogP contribution in [0.15, 0.2) is 71.5 Å². The van der Waals surface area contributed by atoms with Crippen molar-refractivity contribution in [3.8, 4) is 22.0 Å². The Morgan fingerprint density at radius 2 is 1.88 bits per heavy atom. The van der Waals surface area contributed by atoms with Gasteiger partial charge in [0.05, 0.1) is 24.1 Å². The number of hydrogen-bond acceptors (Lipinski definition) is 6. The zero-order valence-electron chi connectivity index (χ0n) is 14.1. The van der Waals surface area contributed by atoms with Crippen LogP contribution >= 0.6 is 23.1 Å². The highest BCUT2D eigenvalue weighted by Crippen LogP contribution is 2.33. The fraction of sp³-hybridized carbons (Fsp3) is 0.105. The molecular formula is C19H16N4OS2. The van der Waals surface area contributed by atoms with Crippen molar-refractivity contribution >= 4 is 23.1 Å². The number of thiazole rings is 1. The van der Waals surface area contributed by atoms with Gasteiger partial charge in [0.15, 0.2) is 0 Å². The molecule has 0 amide bonds. The molecule has 0 saturated carbocycles. The molecule has 0 bridgehead atoms. The molecule has 2 aromatic heterocycles. The Morgan fingerprint density at radius 3 is 2.73 bits per heavy atom. The van der Waals surface area contributed by atoms with E-state index in [1.165, 1.54) is 0 Å². The minimum absolute atomic E-state index is 0.727. The minimum Gasteiger partial charge on any atom is -0.496 e. The number of nitrogens with zero attached hydrogens (tertiary/aromatic N) is 4. The van der Waals surface area contributed by atoms with Gasteiger partial charge < -0.3 is 4.74 Å². The van der Waals surface area contributed by atoms with Crippen LogP contribution in [0.25, 0.3) is 16.3 Å². The lowest BCUT2D eigenvalue weighted by Crippen LogP contribution is -1.93. The third-order valence-corrected chi connectivity index (χ3v) is 5.54. The maximum absolute atomic E-state index is 5.42. The quantitative estimate of drug-likeness (QED) is 0.454. The Morgan fingerprint density at radius 1 is 1.08 bits per heavy atom. The largest absolute Gasteiger partial charge is 0.496 e. The number of thioether (sulfide) groups is 1. The van der Waals surface area contributed by atoms with Crippen LogP contribution in [0.4, 0.5) is 0 Å². The zero-order chi connectivity index (χ0) is 17.8. The Bertz CT molecular complexity index is 997. The van der Waals surface area contributed by atoms with E-state index >= 15 is 0 Å². The Kier molecular flexibility index (Phi) is 4.99. The topological polar surface area (TPSA) is 52.8 Å². The predicted octanol–water partition coefficient (Wildman–Crippen LogP) is 4.69. The number of benzene rings is 2. The van der Waals surface area contributed by atoms with Crippen molar-refractivity contribution in [3.05, 3.63) is 72.0 Å². The van der Waals surface area contributed by atoms with E-state index in [2.05, 4.69) is 15.5 Å². The van der Waals surface area contributed by atoms with Crippen molar-refractivity contribution < 1.29 is 4.74 Å². The first kappa shape index (κ1) is 16.8. The molecule has 0 atom stereocenters. The van der Waals surface area contributed by atoms with Crippen molar-refractivity contribution in [2.24, 2.45) is 0 Å². The molecule has 0 saturated heterocycles. The molecule has 2 heterocycles. The van der Waals surface area contributed by atoms with Crippen LogP contribution in [0.1, 0.15) is 5.69 Å². The number of rotatable bonds is 6. The highest BCUT2D eigenvalue weighted by molar-refractivity contribution is 7.98. The summed E-state index contributed by atoms with van der Waals surface area (Å²) in [4.78, 5) is 9.09. The zero-order valence-corrected chi connectivity index (χ0v) is 15.7. The first-order valence-electron chi connectivity index (χ1n) is 8.01. The van der Waals surface area contributed by atoms with Crippen LogP contribution in [0.2, 0.25) is 0 Å². The summed E-state index contributed by atoms with van der Waals surface area (Å²) in [5.41, 5.74) is 3.03. The molecule has 4 rings (SSSR count). The number of methoxy groups -OCH3 is 1. The van der Waals surface area contributed by atoms with Gasteiger partial charge in [-0.2, -0.15) is 0 Å². The minimum atomic E-state index is 0.727. The summed E-state index contributed by atoms with van der Waals surface area (Å²) < 4.78 is 7.20. The van der Waals surface area contributed by atoms with Gasteiger partial charge in [-0.15, -0.1) is 16.4 Å². The van der Waals surface area contributed by atoms with Gasteiger partial charge in [-0.1, -0.05) is 42.1 Å². The molecular weight excluding hydrogens is 364 g/mol. The van der Waals surface area contributed by atoms with E-state index in [1.54, 1.807) is 41.2 Å². The first-order valence-corrected chi connectivity index (χ1v) is 9.87. The molecule has 130 valence electrons. The second-order valence-corrected chi connectivity index (χ2v) is 7.24. The molecule has 7 heteroatoms. The summed E-state index contributed by atoms with van der Waals surface area (Å²) in [6.07, 6.45) is 1.74. The van der Waals surface area contributed by atoms with Crippen molar-refractivity contribution in [1.29, 1.82) is 0 Å². The Hall–Kier alpha value is -2.64. The number of ether oxygens (including phenoxy) is 1. The van der Waals surface area contributed by atoms with Crippen LogP contribution in [0.5, 0.6) is 5.75 Å². The predicted molar refractivity (Wildman–Crippen MR) is 105 cm³/mol. The molecule has 0 spiro atoms. The summed E-state index contributed by atoms with van der Waals surface area (Å²) in [6, 6.07) is 17.9. The normalized spacial score (nSPS) is 10.8. The van der Waals surface area contributed by atoms with E-state index < -0.39 is 0 Å². The van der Waals surface area contributed by atoms with Gasteiger partial charge in [-0.05, 0) is 24.3 Å². The van der Waals surface area contributed by atoms with E-state index in [1.807, 2.05) is 54.6 Å². The van der Waals surface area contributed by atoms with E-state index in [4.69, 9.17) is 9.72 Å². The molecule has 0 radical (unpaired) electrons. The molecule has 0 fully saturated rings. The fourth-order valence-electron chi connectivity index (χ4n) is 2.48. The molecule has 5 nitrogen and oxygen atoms in total. The van der Waals surface area contributed by atoms with E-state index in [0.717, 1.165) is 38.6 Å². The van der Waals surface area contributed by atoms with Gasteiger partial charge in [0, 0.05) is 11.1 Å². The summed E-state index contributed by atoms with van der Waals surface area (Å²) in [7, 11) is 1.68. The van der Waals surface area contributed by atoms with Gasteiger partial charge in [0.1, 0.15) is 17.1 Å². The molecule has 26 heavy (non-hydrogen) atoms. The van der Waals surface area contributed by atoms with Gasteiger partial charge in [0.2, 0.25) is 5.16 Å². The average Bonchev–Trinajstić information content (AvgIpc) is 3.36. The number of para-hydroxylation sites is 2. The molecule has 2 aromatic carbocycles. The van der Waals surface area contributed by atoms with Crippen LogP contribution in [-0.2, 0) is 5.75 Å². The highest BCUT2D eigenvalue weighted by atomic mass is 32.2. The molecule has 4 aromatic rings. The Balaban J connectivity index is 1.45. The van der Waals surface area contributed by atoms with Gasteiger partial charge in [-0.3, -0.25) is 0 Å². The van der Waals surface area contributed by atoms with Crippen LogP contribution in [0.3, 0.4) is 0 Å². The Labute approximate surface area is 159 Å². The molecule has 0 aliphatic carbocycles. The first-order chi connectivity index (χ1) is 12.8. The smallest absolute Gasteiger partial charge is 0.209 e. The molecule has 0 aliphatic heterocycles. The van der Waals surface area contributed by atoms with Gasteiger partial charge in [0.25, 0.3) is 0 Å². The van der Waals surface area contributed by atoms with Crippen molar-refractivity contribution in [3.63, 3.8) is 0 Å². The summed E-state index contributed by atoms with van der Waals surface area (Å²) in [6.45, 7) is 0. The second kappa shape index (κ2) is 7.72. The van der Waals surface area contributed by atoms with Crippen molar-refractivity contribution in [2.75, 3.05) is 7.11 Å². The van der Waals surface area contributed by atoms with E-state index in [0.29, 0.717) is 0 Å². The number of hydrogen-bond donors (Lipinski definition) is 0. The van der Waals surface area contributed by atoms with Crippen molar-refractivity contribution in [1.82, 2.24) is 19.7 Å². The van der Waals surface area contributed by atoms with Crippen LogP contribution in [-0.4, -0.2) is 26.9 Å². The number of aromatic nitrogens is 4. The fourth-order valence-corrected chi connectivity index (χ4v) is 4.12. The molecule has 0 unspecified atom stereocenters. The van der Waals surface area contributed by atoms with Crippen molar-refractivity contribution in [2.45, 2.75) is 10.9 Å². The maximum Gasteiger partial charge on any atom is 0.209 e. The highest BCUT2D eigenvalue weighted by Gasteiger charge is 2.11. The maximum atomic E-state index is 5.42. The lowest BCUT2D eigenvalue weighted by molar-refractivity contribution is 0.416. The monoisotopic (exact) mass is 380 g/mol. The third kappa shape index (κ3) is 3.63. The third-order valence-electron chi connectivity index (χ3n) is 3.73. The second-order valence-electron chi connectivity index (χ2n) is 5.44. The SMILES string of the molecule is COc1ccccc1-c1nc(CSc2ncn(-c3ccccc3)n2)cs1. The summed E-state index contributed by atoms with van der Waals surface area (Å²) in [5, 5.41) is 8.28. The molecule has 0 aliphatic rings. The standard InChI is InChI=1S/C19H16N4OS2/c1-24-17-10-6-5-9-16(17)18-21-14(11-25-18)12-26-19-20-13-23(22-19)15-7-3-2-4-8-15/h2-11,13H,12H2,1H3. The van der Waals surface area contributed by atoms with Gasteiger partial charge >= 0.3 is 0 Å². The lowest BCUT2D eigenvalue weighted by atomic mass is 10.2. The van der Waals surface area contributed by atoms with E-state index in [-0.39, 0.29) is 0 Å². The van der Waals surface area contributed by atoms with Crippen LogP contribution < -0.4 is 4.74 Å². The lowest BCUT2D eigenvalue weighted by Gasteiger charge is -2.04. The average molecular weight is 380 g/mol. The summed E-state index contributed by atoms with van der Waals surface area (Å²) >= 11 is 3.20. The molecule has 0 N–H and O–H groups in total. The van der Waals surface area contributed by atoms with E-state index in [9.17, 15) is 0 Å². The summed E-state index contributed by atoms with van der Waals surface area (Å²) in [5.74, 6) is 1.56. The van der Waals surface area contributed by atoms with Gasteiger partial charge in [-0.25, -0.2) is 14.6 Å².